The van der Waals surface area contributed by atoms with E-state index in [0.29, 0.717) is 23.2 Å². The Bertz CT molecular complexity index is 1020. The summed E-state index contributed by atoms with van der Waals surface area (Å²) in [6.45, 7) is 3.94. The van der Waals surface area contributed by atoms with Crippen molar-refractivity contribution in [3.05, 3.63) is 46.7 Å². The molecule has 0 radical (unpaired) electrons. The fourth-order valence-electron chi connectivity index (χ4n) is 4.04. The summed E-state index contributed by atoms with van der Waals surface area (Å²) in [4.78, 5) is 17.2. The van der Waals surface area contributed by atoms with Crippen LogP contribution >= 0.6 is 11.6 Å². The standard InChI is InChI=1S/C22H25ClN4O/c1-14-13-17(8-9-18(14)23)20-21(26-27-15(2)11-12-24-22(20)27)25-19(28)10-7-16-5-3-4-6-16/h8-9,11-13,16H,3-7,10H2,1-2H3,(H,25,26,28). The number of carbonyl (C=O) groups excluding carboxylic acids is 1. The molecule has 3 aromatic rings. The Labute approximate surface area is 170 Å². The van der Waals surface area contributed by atoms with Crippen molar-refractivity contribution in [2.45, 2.75) is 52.4 Å². The van der Waals surface area contributed by atoms with Crippen molar-refractivity contribution >= 4 is 29.0 Å². The van der Waals surface area contributed by atoms with Gasteiger partial charge in [0.05, 0.1) is 5.56 Å². The van der Waals surface area contributed by atoms with Gasteiger partial charge in [0.1, 0.15) is 0 Å². The molecule has 1 amide bonds. The number of fused-ring (bicyclic) bond motifs is 1. The van der Waals surface area contributed by atoms with Gasteiger partial charge < -0.3 is 5.32 Å². The van der Waals surface area contributed by atoms with Crippen molar-refractivity contribution in [2.24, 2.45) is 5.92 Å². The Morgan fingerprint density at radius 3 is 2.79 bits per heavy atom. The average molecular weight is 397 g/mol. The number of amides is 1. The molecule has 1 aromatic carbocycles. The molecule has 0 saturated heterocycles. The second kappa shape index (κ2) is 7.92. The molecule has 0 aliphatic heterocycles. The zero-order chi connectivity index (χ0) is 19.7. The van der Waals surface area contributed by atoms with Crippen molar-refractivity contribution in [2.75, 3.05) is 5.32 Å². The Morgan fingerprint density at radius 2 is 2.04 bits per heavy atom. The largest absolute Gasteiger partial charge is 0.309 e. The molecule has 0 atom stereocenters. The van der Waals surface area contributed by atoms with Crippen LogP contribution in [0.25, 0.3) is 16.8 Å². The van der Waals surface area contributed by atoms with Gasteiger partial charge in [-0.1, -0.05) is 43.4 Å². The molecule has 28 heavy (non-hydrogen) atoms. The van der Waals surface area contributed by atoms with E-state index in [-0.39, 0.29) is 5.91 Å². The Morgan fingerprint density at radius 1 is 1.25 bits per heavy atom. The Kier molecular flexibility index (Phi) is 5.36. The van der Waals surface area contributed by atoms with E-state index in [9.17, 15) is 4.79 Å². The van der Waals surface area contributed by atoms with Gasteiger partial charge in [-0.2, -0.15) is 0 Å². The summed E-state index contributed by atoms with van der Waals surface area (Å²) >= 11 is 6.21. The first-order valence-electron chi connectivity index (χ1n) is 9.93. The topological polar surface area (TPSA) is 59.3 Å². The molecular weight excluding hydrogens is 372 g/mol. The van der Waals surface area contributed by atoms with Crippen LogP contribution in [0.1, 0.15) is 49.8 Å². The molecule has 1 aliphatic rings. The maximum absolute atomic E-state index is 12.6. The number of benzene rings is 1. The summed E-state index contributed by atoms with van der Waals surface area (Å²) in [5.74, 6) is 1.26. The Balaban J connectivity index is 1.67. The number of nitrogens with one attached hydrogen (secondary N) is 1. The van der Waals surface area contributed by atoms with E-state index in [4.69, 9.17) is 11.6 Å². The maximum atomic E-state index is 12.6. The van der Waals surface area contributed by atoms with Gasteiger partial charge in [-0.15, -0.1) is 5.10 Å². The van der Waals surface area contributed by atoms with E-state index in [1.54, 1.807) is 10.7 Å². The lowest BCUT2D eigenvalue weighted by molar-refractivity contribution is -0.116. The SMILES string of the molecule is Cc1cc(-c2c(NC(=O)CCC3CCCC3)nn3c(C)ccnc23)ccc1Cl. The lowest BCUT2D eigenvalue weighted by Crippen LogP contribution is -2.13. The summed E-state index contributed by atoms with van der Waals surface area (Å²) in [5, 5.41) is 8.40. The first-order chi connectivity index (χ1) is 13.5. The van der Waals surface area contributed by atoms with E-state index >= 15 is 0 Å². The molecule has 2 aromatic heterocycles. The zero-order valence-corrected chi connectivity index (χ0v) is 17.1. The maximum Gasteiger partial charge on any atom is 0.225 e. The van der Waals surface area contributed by atoms with Crippen molar-refractivity contribution < 1.29 is 4.79 Å². The minimum Gasteiger partial charge on any atom is -0.309 e. The molecule has 6 heteroatoms. The minimum atomic E-state index is 0.0138. The number of carbonyl (C=O) groups is 1. The van der Waals surface area contributed by atoms with Crippen LogP contribution in [0, 0.1) is 19.8 Å². The monoisotopic (exact) mass is 396 g/mol. The van der Waals surface area contributed by atoms with Gasteiger partial charge in [0, 0.05) is 23.3 Å². The number of rotatable bonds is 5. The molecule has 0 unspecified atom stereocenters. The van der Waals surface area contributed by atoms with Crippen LogP contribution in [0.3, 0.4) is 0 Å². The average Bonchev–Trinajstić information content (AvgIpc) is 3.31. The van der Waals surface area contributed by atoms with E-state index < -0.39 is 0 Å². The van der Waals surface area contributed by atoms with Crippen molar-refractivity contribution in [1.29, 1.82) is 0 Å². The quantitative estimate of drug-likeness (QED) is 0.612. The Hall–Kier alpha value is -2.40. The second-order valence-electron chi connectivity index (χ2n) is 7.75. The van der Waals surface area contributed by atoms with Crippen LogP contribution in [0.4, 0.5) is 5.82 Å². The second-order valence-corrected chi connectivity index (χ2v) is 8.15. The molecule has 0 spiro atoms. The molecule has 1 fully saturated rings. The van der Waals surface area contributed by atoms with Crippen LogP contribution < -0.4 is 5.32 Å². The number of hydrogen-bond acceptors (Lipinski definition) is 3. The first kappa shape index (κ1) is 18.9. The number of nitrogens with zero attached hydrogens (tertiary/aromatic N) is 3. The zero-order valence-electron chi connectivity index (χ0n) is 16.3. The summed E-state index contributed by atoms with van der Waals surface area (Å²) in [5.41, 5.74) is 4.44. The van der Waals surface area contributed by atoms with Gasteiger partial charge in [-0.05, 0) is 55.5 Å². The van der Waals surface area contributed by atoms with Crippen LogP contribution in [0.15, 0.2) is 30.5 Å². The van der Waals surface area contributed by atoms with E-state index in [1.807, 2.05) is 38.1 Å². The van der Waals surface area contributed by atoms with E-state index in [2.05, 4.69) is 15.4 Å². The van der Waals surface area contributed by atoms with Crippen LogP contribution in [-0.2, 0) is 4.79 Å². The fraction of sp³-hybridized carbons (Fsp3) is 0.409. The third kappa shape index (κ3) is 3.76. The molecule has 2 heterocycles. The van der Waals surface area contributed by atoms with Crippen LogP contribution in [-0.4, -0.2) is 20.5 Å². The third-order valence-electron chi connectivity index (χ3n) is 5.67. The highest BCUT2D eigenvalue weighted by Gasteiger charge is 2.21. The summed E-state index contributed by atoms with van der Waals surface area (Å²) < 4.78 is 1.78. The lowest BCUT2D eigenvalue weighted by atomic mass is 10.0. The van der Waals surface area contributed by atoms with Gasteiger partial charge >= 0.3 is 0 Å². The molecule has 4 rings (SSSR count). The molecule has 1 saturated carbocycles. The molecule has 1 aliphatic carbocycles. The molecule has 146 valence electrons. The van der Waals surface area contributed by atoms with Crippen LogP contribution in [0.5, 0.6) is 0 Å². The predicted molar refractivity (Wildman–Crippen MR) is 113 cm³/mol. The predicted octanol–water partition coefficient (Wildman–Crippen LogP) is 5.58. The van der Waals surface area contributed by atoms with Gasteiger partial charge in [0.25, 0.3) is 0 Å². The molecule has 0 bridgehead atoms. The molecule has 1 N–H and O–H groups in total. The number of halogens is 1. The normalized spacial score (nSPS) is 14.7. The highest BCUT2D eigenvalue weighted by molar-refractivity contribution is 6.31. The van der Waals surface area contributed by atoms with Gasteiger partial charge in [-0.25, -0.2) is 9.50 Å². The number of anilines is 1. The fourth-order valence-corrected chi connectivity index (χ4v) is 4.16. The lowest BCUT2D eigenvalue weighted by Gasteiger charge is -2.09. The van der Waals surface area contributed by atoms with Gasteiger partial charge in [0.2, 0.25) is 5.91 Å². The summed E-state index contributed by atoms with van der Waals surface area (Å²) in [7, 11) is 0. The number of hydrogen-bond donors (Lipinski definition) is 1. The number of aryl methyl sites for hydroxylation is 2. The molecular formula is C22H25ClN4O. The summed E-state index contributed by atoms with van der Waals surface area (Å²) in [6.07, 6.45) is 8.34. The molecule has 5 nitrogen and oxygen atoms in total. The van der Waals surface area contributed by atoms with Crippen molar-refractivity contribution in [1.82, 2.24) is 14.6 Å². The highest BCUT2D eigenvalue weighted by Crippen LogP contribution is 2.34. The third-order valence-corrected chi connectivity index (χ3v) is 6.09. The van der Waals surface area contributed by atoms with E-state index in [1.165, 1.54) is 25.7 Å². The van der Waals surface area contributed by atoms with Gasteiger partial charge in [-0.3, -0.25) is 4.79 Å². The smallest absolute Gasteiger partial charge is 0.225 e. The number of aromatic nitrogens is 3. The minimum absolute atomic E-state index is 0.0138. The van der Waals surface area contributed by atoms with Crippen molar-refractivity contribution in [3.63, 3.8) is 0 Å². The van der Waals surface area contributed by atoms with Crippen LogP contribution in [0.2, 0.25) is 5.02 Å². The summed E-state index contributed by atoms with van der Waals surface area (Å²) in [6, 6.07) is 7.74. The first-order valence-corrected chi connectivity index (χ1v) is 10.3. The van der Waals surface area contributed by atoms with Crippen molar-refractivity contribution in [3.8, 4) is 11.1 Å². The van der Waals surface area contributed by atoms with E-state index in [0.717, 1.165) is 34.5 Å². The highest BCUT2D eigenvalue weighted by atomic mass is 35.5. The van der Waals surface area contributed by atoms with Gasteiger partial charge in [0.15, 0.2) is 11.5 Å².